The Balaban J connectivity index is 2.45. The molecule has 0 heterocycles. The van der Waals surface area contributed by atoms with E-state index in [0.717, 1.165) is 0 Å². The van der Waals surface area contributed by atoms with Crippen LogP contribution in [0.25, 0.3) is 0 Å². The van der Waals surface area contributed by atoms with Gasteiger partial charge < -0.3 is 13.9 Å². The first-order chi connectivity index (χ1) is 14.8. The van der Waals surface area contributed by atoms with Crippen LogP contribution in [0.2, 0.25) is 5.04 Å². The molecule has 0 unspecified atom stereocenters. The lowest BCUT2D eigenvalue weighted by molar-refractivity contribution is -0.143. The fraction of sp³-hybridized carbons (Fsp3) is 0.480. The number of rotatable bonds is 11. The van der Waals surface area contributed by atoms with E-state index in [1.165, 1.54) is 17.5 Å². The van der Waals surface area contributed by atoms with Crippen molar-refractivity contribution in [3.05, 3.63) is 60.7 Å². The number of benzene rings is 2. The van der Waals surface area contributed by atoms with E-state index < -0.39 is 8.32 Å². The van der Waals surface area contributed by atoms with E-state index in [9.17, 15) is 4.79 Å². The number of hydrogen-bond acceptors (Lipinski definition) is 5. The summed E-state index contributed by atoms with van der Waals surface area (Å²) in [6.07, 6.45) is 2.11. The van der Waals surface area contributed by atoms with Crippen LogP contribution in [0.5, 0.6) is 0 Å². The lowest BCUT2D eigenvalue weighted by Crippen LogP contribution is -2.67. The summed E-state index contributed by atoms with van der Waals surface area (Å²) < 4.78 is 18.0. The molecule has 0 aliphatic carbocycles. The molecule has 0 aliphatic heterocycles. The minimum atomic E-state index is -2.65. The van der Waals surface area contributed by atoms with Crippen molar-refractivity contribution in [2.24, 2.45) is 5.92 Å². The second-order valence-corrected chi connectivity index (χ2v) is 14.0. The van der Waals surface area contributed by atoms with Crippen LogP contribution in [0.4, 0.5) is 0 Å². The van der Waals surface area contributed by atoms with Crippen molar-refractivity contribution < 1.29 is 18.7 Å². The fourth-order valence-corrected chi connectivity index (χ4v) is 8.86. The first kappa shape index (κ1) is 25.7. The van der Waals surface area contributed by atoms with Crippen LogP contribution in [0, 0.1) is 5.92 Å². The first-order valence-corrected chi connectivity index (χ1v) is 14.0. The second-order valence-electron chi connectivity index (χ2n) is 8.84. The Hall–Kier alpha value is -1.60. The smallest absolute Gasteiger partial charge is 0.305 e. The summed E-state index contributed by atoms with van der Waals surface area (Å²) in [7, 11) is -1.23. The van der Waals surface area contributed by atoms with E-state index in [1.807, 2.05) is 25.3 Å². The van der Waals surface area contributed by atoms with Gasteiger partial charge >= 0.3 is 5.97 Å². The van der Waals surface area contributed by atoms with Crippen molar-refractivity contribution in [3.8, 4) is 0 Å². The van der Waals surface area contributed by atoms with Crippen LogP contribution in [-0.4, -0.2) is 46.3 Å². The summed E-state index contributed by atoms with van der Waals surface area (Å²) in [5.74, 6) is 0.314. The van der Waals surface area contributed by atoms with Gasteiger partial charge in [0, 0.05) is 0 Å². The Kier molecular flexibility index (Phi) is 9.81. The van der Waals surface area contributed by atoms with Crippen molar-refractivity contribution >= 4 is 36.4 Å². The number of carbonyl (C=O) groups is 1. The molecule has 0 fully saturated rings. The average molecular weight is 461 g/mol. The average Bonchev–Trinajstić information content (AvgIpc) is 2.76. The summed E-state index contributed by atoms with van der Waals surface area (Å²) >= 11 is 1.62. The molecule has 0 spiro atoms. The Morgan fingerprint density at radius 3 is 1.94 bits per heavy atom. The standard InChI is InChI=1S/C25H36O4SSi/c1-20(17-24(26)27-5)23(28-19-30-6)18-29-31(25(2,3)4,21-13-9-7-10-14-21)22-15-11-8-12-16-22/h7-16,20,23H,17-19H2,1-6H3/t20-,23-/m1/s1. The number of carbonyl (C=O) groups excluding carboxylic acids is 1. The van der Waals surface area contributed by atoms with Gasteiger partial charge in [-0.2, -0.15) is 0 Å². The van der Waals surface area contributed by atoms with Gasteiger partial charge in [-0.3, -0.25) is 4.79 Å². The quantitative estimate of drug-likeness (QED) is 0.281. The molecule has 0 saturated heterocycles. The Bertz CT molecular complexity index is 753. The molecule has 0 amide bonds. The number of methoxy groups -OCH3 is 1. The molecule has 0 aliphatic rings. The molecule has 170 valence electrons. The third kappa shape index (κ3) is 6.45. The van der Waals surface area contributed by atoms with E-state index in [0.29, 0.717) is 19.0 Å². The summed E-state index contributed by atoms with van der Waals surface area (Å²) in [5.41, 5.74) is 0. The molecule has 6 heteroatoms. The fourth-order valence-electron chi connectivity index (χ4n) is 3.98. The van der Waals surface area contributed by atoms with Crippen molar-refractivity contribution in [2.45, 2.75) is 45.3 Å². The van der Waals surface area contributed by atoms with Gasteiger partial charge in [0.05, 0.1) is 32.2 Å². The molecule has 0 N–H and O–H groups in total. The van der Waals surface area contributed by atoms with Crippen LogP contribution in [0.15, 0.2) is 60.7 Å². The van der Waals surface area contributed by atoms with Crippen LogP contribution >= 0.6 is 11.8 Å². The normalized spacial score (nSPS) is 14.1. The molecule has 2 aromatic carbocycles. The van der Waals surface area contributed by atoms with Gasteiger partial charge in [0.15, 0.2) is 0 Å². The first-order valence-electron chi connectivity index (χ1n) is 10.7. The maximum atomic E-state index is 11.9. The second kappa shape index (κ2) is 11.9. The van der Waals surface area contributed by atoms with E-state index in [1.54, 1.807) is 11.8 Å². The van der Waals surface area contributed by atoms with Gasteiger partial charge in [0.2, 0.25) is 0 Å². The molecule has 0 bridgehead atoms. The van der Waals surface area contributed by atoms with Crippen LogP contribution in [0.3, 0.4) is 0 Å². The highest BCUT2D eigenvalue weighted by molar-refractivity contribution is 7.98. The molecule has 31 heavy (non-hydrogen) atoms. The summed E-state index contributed by atoms with van der Waals surface area (Å²) in [4.78, 5) is 11.9. The predicted molar refractivity (Wildman–Crippen MR) is 133 cm³/mol. The zero-order chi connectivity index (χ0) is 22.9. The molecule has 4 nitrogen and oxygen atoms in total. The van der Waals surface area contributed by atoms with Crippen molar-refractivity contribution in [1.29, 1.82) is 0 Å². The van der Waals surface area contributed by atoms with E-state index in [4.69, 9.17) is 13.9 Å². The minimum Gasteiger partial charge on any atom is -0.469 e. The molecule has 0 saturated carbocycles. The van der Waals surface area contributed by atoms with Crippen LogP contribution in [0.1, 0.15) is 34.1 Å². The zero-order valence-corrected chi connectivity index (χ0v) is 21.4. The summed E-state index contributed by atoms with van der Waals surface area (Å²) in [6.45, 7) is 9.22. The van der Waals surface area contributed by atoms with Gasteiger partial charge in [-0.05, 0) is 27.6 Å². The molecular formula is C25H36O4SSi. The third-order valence-corrected chi connectivity index (χ3v) is 11.0. The number of thioether (sulfide) groups is 1. The molecule has 2 atom stereocenters. The van der Waals surface area contributed by atoms with E-state index in [-0.39, 0.29) is 23.0 Å². The Morgan fingerprint density at radius 2 is 1.52 bits per heavy atom. The van der Waals surface area contributed by atoms with Gasteiger partial charge in [-0.1, -0.05) is 88.4 Å². The molecule has 0 radical (unpaired) electrons. The van der Waals surface area contributed by atoms with Crippen LogP contribution < -0.4 is 10.4 Å². The predicted octanol–water partition coefficient (Wildman–Crippen LogP) is 4.47. The van der Waals surface area contributed by atoms with Crippen molar-refractivity contribution in [3.63, 3.8) is 0 Å². The summed E-state index contributed by atoms with van der Waals surface area (Å²) in [6, 6.07) is 21.1. The van der Waals surface area contributed by atoms with Crippen LogP contribution in [-0.2, 0) is 18.7 Å². The highest BCUT2D eigenvalue weighted by Gasteiger charge is 2.50. The topological polar surface area (TPSA) is 44.8 Å². The lowest BCUT2D eigenvalue weighted by Gasteiger charge is -2.44. The van der Waals surface area contributed by atoms with Gasteiger partial charge in [-0.25, -0.2) is 0 Å². The molecule has 0 aromatic heterocycles. The van der Waals surface area contributed by atoms with E-state index in [2.05, 4.69) is 69.3 Å². The van der Waals surface area contributed by atoms with Gasteiger partial charge in [0.1, 0.15) is 0 Å². The van der Waals surface area contributed by atoms with Crippen molar-refractivity contribution in [1.82, 2.24) is 0 Å². The monoisotopic (exact) mass is 460 g/mol. The Labute approximate surface area is 192 Å². The summed E-state index contributed by atoms with van der Waals surface area (Å²) in [5, 5.41) is 2.36. The number of ether oxygens (including phenoxy) is 2. The maximum Gasteiger partial charge on any atom is 0.305 e. The third-order valence-electron chi connectivity index (χ3n) is 5.63. The maximum absolute atomic E-state index is 11.9. The minimum absolute atomic E-state index is 0.0159. The zero-order valence-electron chi connectivity index (χ0n) is 19.6. The van der Waals surface area contributed by atoms with E-state index >= 15 is 0 Å². The lowest BCUT2D eigenvalue weighted by atomic mass is 10.0. The highest BCUT2D eigenvalue weighted by atomic mass is 32.2. The molecule has 2 aromatic rings. The van der Waals surface area contributed by atoms with Gasteiger partial charge in [0.25, 0.3) is 8.32 Å². The number of hydrogen-bond donors (Lipinski definition) is 0. The van der Waals surface area contributed by atoms with Gasteiger partial charge in [-0.15, -0.1) is 11.8 Å². The Morgan fingerprint density at radius 1 is 1.00 bits per heavy atom. The largest absolute Gasteiger partial charge is 0.469 e. The SMILES string of the molecule is COC(=O)C[C@@H](C)[C@@H](CO[Si](c1ccccc1)(c1ccccc1)C(C)(C)C)OCSC. The molecule has 2 rings (SSSR count). The number of esters is 1. The highest BCUT2D eigenvalue weighted by Crippen LogP contribution is 2.37. The van der Waals surface area contributed by atoms with Crippen molar-refractivity contribution in [2.75, 3.05) is 25.9 Å². The molecular weight excluding hydrogens is 424 g/mol.